The molecule has 6 heteroatoms. The quantitative estimate of drug-likeness (QED) is 0.739. The van der Waals surface area contributed by atoms with Crippen molar-refractivity contribution in [3.63, 3.8) is 0 Å². The number of hydrogen-bond donors (Lipinski definition) is 2. The number of rotatable bonds is 7. The minimum absolute atomic E-state index is 0.133. The van der Waals surface area contributed by atoms with Gasteiger partial charge in [-0.05, 0) is 50.5 Å². The van der Waals surface area contributed by atoms with E-state index in [9.17, 15) is 9.59 Å². The van der Waals surface area contributed by atoms with Gasteiger partial charge in [-0.3, -0.25) is 9.59 Å². The summed E-state index contributed by atoms with van der Waals surface area (Å²) in [5.74, 6) is 0.0633. The number of amides is 2. The highest BCUT2D eigenvalue weighted by molar-refractivity contribution is 5.97. The number of fused-ring (bicyclic) bond motifs is 1. The predicted octanol–water partition coefficient (Wildman–Crippen LogP) is 2.47. The van der Waals surface area contributed by atoms with E-state index < -0.39 is 0 Å². The van der Waals surface area contributed by atoms with Crippen molar-refractivity contribution in [2.45, 2.75) is 57.5 Å². The molecular weight excluding hydrogens is 340 g/mol. The molecule has 1 aliphatic carbocycles. The highest BCUT2D eigenvalue weighted by Crippen LogP contribution is 2.23. The number of aromatic nitrogens is 2. The van der Waals surface area contributed by atoms with Crippen LogP contribution in [-0.4, -0.2) is 34.0 Å². The Labute approximate surface area is 159 Å². The van der Waals surface area contributed by atoms with Crippen molar-refractivity contribution in [3.8, 4) is 0 Å². The van der Waals surface area contributed by atoms with E-state index in [-0.39, 0.29) is 17.9 Å². The van der Waals surface area contributed by atoms with Gasteiger partial charge in [-0.15, -0.1) is 0 Å². The summed E-state index contributed by atoms with van der Waals surface area (Å²) in [5, 5.41) is 5.97. The number of imidazole rings is 1. The summed E-state index contributed by atoms with van der Waals surface area (Å²) in [6.07, 6.45) is 6.73. The first-order valence-electron chi connectivity index (χ1n) is 9.95. The molecule has 1 aromatic heterocycles. The number of hydrogen-bond acceptors (Lipinski definition) is 3. The maximum absolute atomic E-state index is 12.7. The van der Waals surface area contributed by atoms with Crippen molar-refractivity contribution in [1.29, 1.82) is 0 Å². The van der Waals surface area contributed by atoms with E-state index >= 15 is 0 Å². The Morgan fingerprint density at radius 2 is 1.93 bits per heavy atom. The number of benzene rings is 1. The fraction of sp³-hybridized carbons (Fsp3) is 0.476. The SMILES string of the molecule is O=C(NC1CC1)c1nc(C(=O)NCCCc2ccccc2)n2c1CCCC2. The largest absolute Gasteiger partial charge is 0.349 e. The number of carbonyl (C=O) groups excluding carboxylic acids is 2. The molecule has 6 nitrogen and oxygen atoms in total. The van der Waals surface area contributed by atoms with Gasteiger partial charge < -0.3 is 15.2 Å². The fourth-order valence-corrected chi connectivity index (χ4v) is 3.60. The van der Waals surface area contributed by atoms with Gasteiger partial charge in [0.25, 0.3) is 11.8 Å². The third kappa shape index (κ3) is 4.21. The molecule has 1 aliphatic heterocycles. The Kier molecular flexibility index (Phi) is 5.23. The molecule has 0 spiro atoms. The van der Waals surface area contributed by atoms with Crippen LogP contribution in [0.4, 0.5) is 0 Å². The van der Waals surface area contributed by atoms with Crippen LogP contribution >= 0.6 is 0 Å². The summed E-state index contributed by atoms with van der Waals surface area (Å²) in [6.45, 7) is 1.35. The molecule has 2 aliphatic rings. The summed E-state index contributed by atoms with van der Waals surface area (Å²) >= 11 is 0. The lowest BCUT2D eigenvalue weighted by Gasteiger charge is -2.17. The van der Waals surface area contributed by atoms with E-state index in [0.29, 0.717) is 18.1 Å². The number of nitrogens with one attached hydrogen (secondary N) is 2. The summed E-state index contributed by atoms with van der Waals surface area (Å²) in [6, 6.07) is 10.5. The molecule has 1 saturated carbocycles. The summed E-state index contributed by atoms with van der Waals surface area (Å²) in [7, 11) is 0. The topological polar surface area (TPSA) is 76.0 Å². The monoisotopic (exact) mass is 366 g/mol. The molecule has 2 aromatic rings. The van der Waals surface area contributed by atoms with Gasteiger partial charge in [0.2, 0.25) is 0 Å². The van der Waals surface area contributed by atoms with Crippen molar-refractivity contribution in [2.24, 2.45) is 0 Å². The molecule has 1 fully saturated rings. The van der Waals surface area contributed by atoms with E-state index in [4.69, 9.17) is 0 Å². The zero-order valence-electron chi connectivity index (χ0n) is 15.5. The lowest BCUT2D eigenvalue weighted by Crippen LogP contribution is -2.29. The minimum Gasteiger partial charge on any atom is -0.349 e. The van der Waals surface area contributed by atoms with Crippen LogP contribution in [0.5, 0.6) is 0 Å². The Morgan fingerprint density at radius 3 is 2.70 bits per heavy atom. The molecule has 0 bridgehead atoms. The van der Waals surface area contributed by atoms with Crippen molar-refractivity contribution in [1.82, 2.24) is 20.2 Å². The average molecular weight is 366 g/mol. The van der Waals surface area contributed by atoms with Crippen LogP contribution in [-0.2, 0) is 19.4 Å². The Hall–Kier alpha value is -2.63. The molecule has 2 heterocycles. The van der Waals surface area contributed by atoms with Gasteiger partial charge in [-0.25, -0.2) is 4.98 Å². The van der Waals surface area contributed by atoms with E-state index in [1.807, 2.05) is 22.8 Å². The lowest BCUT2D eigenvalue weighted by molar-refractivity contribution is 0.0937. The van der Waals surface area contributed by atoms with Gasteiger partial charge in [0.05, 0.1) is 5.69 Å². The molecule has 4 rings (SSSR count). The number of carbonyl (C=O) groups is 2. The predicted molar refractivity (Wildman–Crippen MR) is 103 cm³/mol. The van der Waals surface area contributed by atoms with Gasteiger partial charge in [-0.1, -0.05) is 30.3 Å². The zero-order chi connectivity index (χ0) is 18.6. The minimum atomic E-state index is -0.184. The number of aryl methyl sites for hydroxylation is 1. The Bertz CT molecular complexity index is 824. The van der Waals surface area contributed by atoms with E-state index in [1.165, 1.54) is 5.56 Å². The molecule has 1 aromatic carbocycles. The standard InChI is InChI=1S/C21H26N4O2/c26-20(23-16-11-12-16)18-17-10-4-5-14-25(17)19(24-18)21(27)22-13-6-9-15-7-2-1-3-8-15/h1-3,7-8,16H,4-6,9-14H2,(H,22,27)(H,23,26). The van der Waals surface area contributed by atoms with Gasteiger partial charge in [0, 0.05) is 19.1 Å². The zero-order valence-corrected chi connectivity index (χ0v) is 15.5. The van der Waals surface area contributed by atoms with Gasteiger partial charge in [0.1, 0.15) is 5.69 Å². The second-order valence-corrected chi connectivity index (χ2v) is 7.43. The van der Waals surface area contributed by atoms with Gasteiger partial charge in [-0.2, -0.15) is 0 Å². The molecule has 2 amide bonds. The lowest BCUT2D eigenvalue weighted by atomic mass is 10.1. The van der Waals surface area contributed by atoms with Gasteiger partial charge >= 0.3 is 0 Å². The maximum atomic E-state index is 12.7. The third-order valence-corrected chi connectivity index (χ3v) is 5.22. The molecular formula is C21H26N4O2. The molecule has 0 atom stereocenters. The Morgan fingerprint density at radius 1 is 1.11 bits per heavy atom. The van der Waals surface area contributed by atoms with Crippen LogP contribution in [0.2, 0.25) is 0 Å². The molecule has 142 valence electrons. The van der Waals surface area contributed by atoms with Crippen LogP contribution in [0.1, 0.15) is 64.5 Å². The first kappa shape index (κ1) is 17.8. The van der Waals surface area contributed by atoms with Crippen LogP contribution < -0.4 is 10.6 Å². The Balaban J connectivity index is 1.40. The first-order chi connectivity index (χ1) is 13.2. The number of nitrogens with zero attached hydrogens (tertiary/aromatic N) is 2. The highest BCUT2D eigenvalue weighted by atomic mass is 16.2. The average Bonchev–Trinajstić information content (AvgIpc) is 3.42. The molecule has 2 N–H and O–H groups in total. The summed E-state index contributed by atoms with van der Waals surface area (Å²) in [5.41, 5.74) is 2.62. The van der Waals surface area contributed by atoms with Crippen molar-refractivity contribution < 1.29 is 9.59 Å². The van der Waals surface area contributed by atoms with E-state index in [0.717, 1.165) is 57.2 Å². The summed E-state index contributed by atoms with van der Waals surface area (Å²) in [4.78, 5) is 29.6. The maximum Gasteiger partial charge on any atom is 0.287 e. The van der Waals surface area contributed by atoms with E-state index in [1.54, 1.807) is 0 Å². The molecule has 0 unspecified atom stereocenters. The van der Waals surface area contributed by atoms with Crippen LogP contribution in [0, 0.1) is 0 Å². The van der Waals surface area contributed by atoms with Crippen LogP contribution in [0.3, 0.4) is 0 Å². The normalized spacial score (nSPS) is 15.9. The third-order valence-electron chi connectivity index (χ3n) is 5.22. The highest BCUT2D eigenvalue weighted by Gasteiger charge is 2.30. The van der Waals surface area contributed by atoms with Crippen LogP contribution in [0.15, 0.2) is 30.3 Å². The molecule has 27 heavy (non-hydrogen) atoms. The fourth-order valence-electron chi connectivity index (χ4n) is 3.60. The van der Waals surface area contributed by atoms with Crippen LogP contribution in [0.25, 0.3) is 0 Å². The smallest absolute Gasteiger partial charge is 0.287 e. The first-order valence-corrected chi connectivity index (χ1v) is 9.95. The molecule has 0 saturated heterocycles. The second-order valence-electron chi connectivity index (χ2n) is 7.43. The summed E-state index contributed by atoms with van der Waals surface area (Å²) < 4.78 is 1.94. The van der Waals surface area contributed by atoms with Gasteiger partial charge in [0.15, 0.2) is 5.82 Å². The van der Waals surface area contributed by atoms with Crippen molar-refractivity contribution in [2.75, 3.05) is 6.54 Å². The second kappa shape index (κ2) is 7.94. The van der Waals surface area contributed by atoms with Crippen molar-refractivity contribution >= 4 is 11.8 Å². The van der Waals surface area contributed by atoms with Crippen molar-refractivity contribution in [3.05, 3.63) is 53.1 Å². The molecule has 0 radical (unpaired) electrons. The van der Waals surface area contributed by atoms with E-state index in [2.05, 4.69) is 27.8 Å².